The number of benzene rings is 1. The Kier molecular flexibility index (Phi) is 4.99. The molecule has 3 nitrogen and oxygen atoms in total. The van der Waals surface area contributed by atoms with Crippen LogP contribution < -0.4 is 5.48 Å². The highest BCUT2D eigenvalue weighted by atomic mass is 16.7. The van der Waals surface area contributed by atoms with Gasteiger partial charge in [-0.25, -0.2) is 5.48 Å². The van der Waals surface area contributed by atoms with Gasteiger partial charge in [0.05, 0.1) is 0 Å². The van der Waals surface area contributed by atoms with Crippen molar-refractivity contribution < 1.29 is 4.84 Å². The third-order valence-corrected chi connectivity index (χ3v) is 3.80. The van der Waals surface area contributed by atoms with E-state index < -0.39 is 0 Å². The summed E-state index contributed by atoms with van der Waals surface area (Å²) < 4.78 is 0. The van der Waals surface area contributed by atoms with Crippen molar-refractivity contribution in [1.82, 2.24) is 10.4 Å². The summed E-state index contributed by atoms with van der Waals surface area (Å²) in [5, 5.41) is 0. The number of rotatable bonds is 7. The molecule has 0 aromatic heterocycles. The molecule has 20 heavy (non-hydrogen) atoms. The normalized spacial score (nSPS) is 15.3. The number of hydrogen-bond donors (Lipinski definition) is 1. The van der Waals surface area contributed by atoms with E-state index in [0.717, 1.165) is 31.5 Å². The van der Waals surface area contributed by atoms with Gasteiger partial charge in [0.25, 0.3) is 0 Å². The van der Waals surface area contributed by atoms with Gasteiger partial charge >= 0.3 is 0 Å². The molecule has 1 aliphatic heterocycles. The molecule has 1 aromatic rings. The molecule has 0 aliphatic carbocycles. The molecule has 1 heterocycles. The summed E-state index contributed by atoms with van der Waals surface area (Å²) in [7, 11) is 1.79. The summed E-state index contributed by atoms with van der Waals surface area (Å²) in [5.74, 6) is 0. The van der Waals surface area contributed by atoms with Crippen molar-refractivity contribution in [3.05, 3.63) is 54.1 Å². The van der Waals surface area contributed by atoms with Crippen LogP contribution in [-0.2, 0) is 17.8 Å². The van der Waals surface area contributed by atoms with Gasteiger partial charge in [-0.2, -0.15) is 0 Å². The van der Waals surface area contributed by atoms with Gasteiger partial charge in [-0.1, -0.05) is 37.8 Å². The lowest BCUT2D eigenvalue weighted by Gasteiger charge is -2.29. The van der Waals surface area contributed by atoms with Crippen LogP contribution in [0.3, 0.4) is 0 Å². The number of hydrogen-bond acceptors (Lipinski definition) is 3. The Hall–Kier alpha value is -1.58. The van der Waals surface area contributed by atoms with E-state index in [2.05, 4.69) is 48.7 Å². The van der Waals surface area contributed by atoms with E-state index in [1.54, 1.807) is 7.05 Å². The van der Waals surface area contributed by atoms with Gasteiger partial charge in [-0.15, -0.1) is 6.58 Å². The van der Waals surface area contributed by atoms with Gasteiger partial charge in [-0.3, -0.25) is 4.84 Å². The van der Waals surface area contributed by atoms with E-state index in [0.29, 0.717) is 0 Å². The Balaban J connectivity index is 2.18. The van der Waals surface area contributed by atoms with E-state index in [1.807, 2.05) is 6.08 Å². The second kappa shape index (κ2) is 6.73. The molecule has 108 valence electrons. The second-order valence-electron chi connectivity index (χ2n) is 5.06. The standard InChI is InChI=1S/C17H24N2O/c1-5-7-8-17(20-18-4)19-12-15-11-14(6-2)9-10-16(15)13(19)3/h5,9-11,17-18H,1,3,6-8,12H2,2,4H3. The number of fused-ring (bicyclic) bond motifs is 1. The van der Waals surface area contributed by atoms with E-state index in [9.17, 15) is 0 Å². The number of hydroxylamine groups is 1. The first kappa shape index (κ1) is 14.8. The summed E-state index contributed by atoms with van der Waals surface area (Å²) in [6.45, 7) is 11.1. The zero-order chi connectivity index (χ0) is 14.5. The van der Waals surface area contributed by atoms with Crippen LogP contribution in [0.15, 0.2) is 37.4 Å². The minimum Gasteiger partial charge on any atom is -0.340 e. The molecule has 0 saturated carbocycles. The SMILES string of the molecule is C=CCCC(ONC)N1Cc2cc(CC)ccc2C1=C. The van der Waals surface area contributed by atoms with Crippen LogP contribution in [-0.4, -0.2) is 18.2 Å². The van der Waals surface area contributed by atoms with E-state index >= 15 is 0 Å². The third-order valence-electron chi connectivity index (χ3n) is 3.80. The Morgan fingerprint density at radius 3 is 2.95 bits per heavy atom. The quantitative estimate of drug-likeness (QED) is 0.607. The summed E-state index contributed by atoms with van der Waals surface area (Å²) in [4.78, 5) is 7.88. The Labute approximate surface area is 121 Å². The lowest BCUT2D eigenvalue weighted by Crippen LogP contribution is -2.35. The monoisotopic (exact) mass is 272 g/mol. The van der Waals surface area contributed by atoms with Crippen LogP contribution in [0.4, 0.5) is 0 Å². The maximum Gasteiger partial charge on any atom is 0.151 e. The molecule has 2 rings (SSSR count). The van der Waals surface area contributed by atoms with Crippen molar-refractivity contribution in [2.75, 3.05) is 7.05 Å². The molecule has 0 saturated heterocycles. The molecule has 1 aliphatic rings. The van der Waals surface area contributed by atoms with Crippen molar-refractivity contribution in [2.24, 2.45) is 0 Å². The van der Waals surface area contributed by atoms with Gasteiger partial charge in [0.2, 0.25) is 0 Å². The van der Waals surface area contributed by atoms with Crippen LogP contribution in [0.1, 0.15) is 36.5 Å². The predicted molar refractivity (Wildman–Crippen MR) is 83.8 cm³/mol. The number of aryl methyl sites for hydroxylation is 1. The molecule has 0 amide bonds. The Morgan fingerprint density at radius 1 is 1.50 bits per heavy atom. The molecule has 1 aromatic carbocycles. The average molecular weight is 272 g/mol. The van der Waals surface area contributed by atoms with E-state index in [4.69, 9.17) is 4.84 Å². The average Bonchev–Trinajstić information content (AvgIpc) is 2.80. The predicted octanol–water partition coefficient (Wildman–Crippen LogP) is 3.48. The van der Waals surface area contributed by atoms with Gasteiger partial charge in [0, 0.05) is 24.9 Å². The van der Waals surface area contributed by atoms with Crippen molar-refractivity contribution in [3.8, 4) is 0 Å². The topological polar surface area (TPSA) is 24.5 Å². The largest absolute Gasteiger partial charge is 0.340 e. The highest BCUT2D eigenvalue weighted by molar-refractivity contribution is 5.69. The van der Waals surface area contributed by atoms with Crippen molar-refractivity contribution in [2.45, 2.75) is 39.0 Å². The van der Waals surface area contributed by atoms with Gasteiger partial charge in [0.15, 0.2) is 6.23 Å². The highest BCUT2D eigenvalue weighted by Gasteiger charge is 2.28. The molecule has 0 spiro atoms. The maximum atomic E-state index is 5.65. The molecule has 1 atom stereocenters. The molecule has 1 N–H and O–H groups in total. The van der Waals surface area contributed by atoms with Crippen molar-refractivity contribution in [1.29, 1.82) is 0 Å². The van der Waals surface area contributed by atoms with Gasteiger partial charge < -0.3 is 4.90 Å². The number of nitrogens with one attached hydrogen (secondary N) is 1. The number of allylic oxidation sites excluding steroid dienone is 1. The lowest BCUT2D eigenvalue weighted by atomic mass is 10.0. The minimum absolute atomic E-state index is 0.0111. The molecule has 0 radical (unpaired) electrons. The number of nitrogens with zero attached hydrogens (tertiary/aromatic N) is 1. The molecular formula is C17H24N2O. The maximum absolute atomic E-state index is 5.65. The second-order valence-corrected chi connectivity index (χ2v) is 5.06. The summed E-state index contributed by atoms with van der Waals surface area (Å²) in [6, 6.07) is 6.65. The molecule has 0 bridgehead atoms. The summed E-state index contributed by atoms with van der Waals surface area (Å²) in [6.07, 6.45) is 4.80. The van der Waals surface area contributed by atoms with Crippen LogP contribution >= 0.6 is 0 Å². The third kappa shape index (κ3) is 2.94. The van der Waals surface area contributed by atoms with Crippen LogP contribution in [0.2, 0.25) is 0 Å². The molecular weight excluding hydrogens is 248 g/mol. The van der Waals surface area contributed by atoms with Gasteiger partial charge in [-0.05, 0) is 30.4 Å². The van der Waals surface area contributed by atoms with Crippen molar-refractivity contribution >= 4 is 5.70 Å². The fourth-order valence-electron chi connectivity index (χ4n) is 2.66. The van der Waals surface area contributed by atoms with Crippen molar-refractivity contribution in [3.63, 3.8) is 0 Å². The lowest BCUT2D eigenvalue weighted by molar-refractivity contribution is -0.0844. The highest BCUT2D eigenvalue weighted by Crippen LogP contribution is 2.34. The van der Waals surface area contributed by atoms with Crippen LogP contribution in [0, 0.1) is 0 Å². The first-order valence-electron chi connectivity index (χ1n) is 7.22. The first-order valence-corrected chi connectivity index (χ1v) is 7.22. The fourth-order valence-corrected chi connectivity index (χ4v) is 2.66. The van der Waals surface area contributed by atoms with Crippen LogP contribution in [0.25, 0.3) is 5.70 Å². The smallest absolute Gasteiger partial charge is 0.151 e. The minimum atomic E-state index is -0.0111. The van der Waals surface area contributed by atoms with E-state index in [1.165, 1.54) is 16.7 Å². The molecule has 3 heteroatoms. The van der Waals surface area contributed by atoms with E-state index in [-0.39, 0.29) is 6.23 Å². The first-order chi connectivity index (χ1) is 9.71. The summed E-state index contributed by atoms with van der Waals surface area (Å²) in [5.41, 5.74) is 7.81. The zero-order valence-electron chi connectivity index (χ0n) is 12.5. The van der Waals surface area contributed by atoms with Crippen LogP contribution in [0.5, 0.6) is 0 Å². The fraction of sp³-hybridized carbons (Fsp3) is 0.412. The Bertz CT molecular complexity index is 496. The zero-order valence-corrected chi connectivity index (χ0v) is 12.5. The molecule has 0 fully saturated rings. The Morgan fingerprint density at radius 2 is 2.30 bits per heavy atom. The molecule has 1 unspecified atom stereocenters. The van der Waals surface area contributed by atoms with Gasteiger partial charge in [0.1, 0.15) is 0 Å². The summed E-state index contributed by atoms with van der Waals surface area (Å²) >= 11 is 0.